The molecule has 1 aliphatic carbocycles. The summed E-state index contributed by atoms with van der Waals surface area (Å²) in [5, 5.41) is 0. The minimum absolute atomic E-state index is 0.00634. The van der Waals surface area contributed by atoms with Gasteiger partial charge in [0.05, 0.1) is 31.0 Å². The van der Waals surface area contributed by atoms with Gasteiger partial charge >= 0.3 is 0 Å². The van der Waals surface area contributed by atoms with Gasteiger partial charge in [0.15, 0.2) is 30.7 Å². The molecule has 0 unspecified atom stereocenters. The second-order valence-corrected chi connectivity index (χ2v) is 35.5. The van der Waals surface area contributed by atoms with Crippen LogP contribution in [0.15, 0.2) is 24.3 Å². The van der Waals surface area contributed by atoms with Crippen LogP contribution in [0.4, 0.5) is 0 Å². The smallest absolute Gasteiger partial charge is 0.200 e. The van der Waals surface area contributed by atoms with Crippen LogP contribution in [-0.4, -0.2) is 86.7 Å². The lowest BCUT2D eigenvalue weighted by Crippen LogP contribution is -2.65. The van der Waals surface area contributed by atoms with E-state index >= 15 is 0 Å². The Morgan fingerprint density at radius 2 is 1.50 bits per heavy atom. The van der Waals surface area contributed by atoms with Gasteiger partial charge in [-0.3, -0.25) is 0 Å². The molecular formula is C43H85IO7Si3. The predicted molar refractivity (Wildman–Crippen MR) is 244 cm³/mol. The summed E-state index contributed by atoms with van der Waals surface area (Å²) >= 11 is 2.51. The van der Waals surface area contributed by atoms with E-state index < -0.39 is 30.7 Å². The second-order valence-electron chi connectivity index (χ2n) is 20.3. The third kappa shape index (κ3) is 13.6. The quantitative estimate of drug-likeness (QED) is 0.0253. The van der Waals surface area contributed by atoms with Crippen molar-refractivity contribution in [3.63, 3.8) is 0 Å². The normalized spacial score (nSPS) is 27.9. The highest BCUT2D eigenvalue weighted by Crippen LogP contribution is 2.55. The molecule has 2 aliphatic rings. The molecule has 54 heavy (non-hydrogen) atoms. The topological polar surface area (TPSA) is 64.6 Å². The fourth-order valence-electron chi connectivity index (χ4n) is 9.68. The Kier molecular flexibility index (Phi) is 19.9. The van der Waals surface area contributed by atoms with Gasteiger partial charge in [-0.05, 0) is 119 Å². The maximum absolute atomic E-state index is 7.39. The maximum Gasteiger partial charge on any atom is 0.200 e. The number of ether oxygens (including phenoxy) is 4. The fourth-order valence-corrected chi connectivity index (χ4v) is 18.0. The molecule has 0 spiro atoms. The van der Waals surface area contributed by atoms with Crippen LogP contribution in [0.1, 0.15) is 102 Å². The largest absolute Gasteiger partial charge is 0.416 e. The molecule has 0 aromatic carbocycles. The van der Waals surface area contributed by atoms with Crippen molar-refractivity contribution in [3.8, 4) is 0 Å². The molecular weight excluding hydrogens is 840 g/mol. The number of hydrogen-bond donors (Lipinski definition) is 0. The zero-order chi connectivity index (χ0) is 41.4. The molecule has 0 amide bonds. The Bertz CT molecular complexity index is 1140. The number of hydrogen-bond acceptors (Lipinski definition) is 7. The highest BCUT2D eigenvalue weighted by atomic mass is 127. The zero-order valence-corrected chi connectivity index (χ0v) is 43.3. The lowest BCUT2D eigenvalue weighted by atomic mass is 9.57. The van der Waals surface area contributed by atoms with Crippen LogP contribution in [0.3, 0.4) is 0 Å². The Morgan fingerprint density at radius 3 is 1.98 bits per heavy atom. The Hall–Kier alpha value is 0.581. The molecule has 0 saturated carbocycles. The molecule has 0 aromatic heterocycles. The first-order valence-corrected chi connectivity index (χ1v) is 31.6. The van der Waals surface area contributed by atoms with Gasteiger partial charge in [-0.1, -0.05) is 97.1 Å². The van der Waals surface area contributed by atoms with E-state index in [1.165, 1.54) is 5.57 Å². The van der Waals surface area contributed by atoms with Crippen LogP contribution < -0.4 is 0 Å². The number of methoxy groups -OCH3 is 1. The number of rotatable bonds is 23. The molecule has 1 saturated heterocycles. The van der Waals surface area contributed by atoms with Crippen molar-refractivity contribution < 1.29 is 32.2 Å². The summed E-state index contributed by atoms with van der Waals surface area (Å²) in [6.07, 6.45) is 7.67. The SMILES string of the molecule is C=CC[C@@H](O[Si](C)(C)C)[C@@]1(C[C@H](C)[C@@H](C)CO[Si](C(C)C)(C(C)C)C(C)C)CCC(COCOC)=C[C@@H]1[C@@H]1OC(C)(C)O[C@H]([C@H](C)CI)[C@H]1O[Si](C)(C)C. The third-order valence-electron chi connectivity index (χ3n) is 12.1. The summed E-state index contributed by atoms with van der Waals surface area (Å²) in [5.74, 6) is 0.237. The number of alkyl halides is 1. The second kappa shape index (κ2) is 21.2. The minimum Gasteiger partial charge on any atom is -0.416 e. The van der Waals surface area contributed by atoms with Crippen LogP contribution >= 0.6 is 22.6 Å². The van der Waals surface area contributed by atoms with Gasteiger partial charge in [0.25, 0.3) is 0 Å². The molecule has 0 aromatic rings. The number of halogens is 1. The van der Waals surface area contributed by atoms with Crippen molar-refractivity contribution >= 4 is 47.5 Å². The van der Waals surface area contributed by atoms with Crippen molar-refractivity contribution in [2.45, 2.75) is 188 Å². The van der Waals surface area contributed by atoms with Crippen LogP contribution in [0, 0.1) is 29.1 Å². The van der Waals surface area contributed by atoms with Gasteiger partial charge in [0.1, 0.15) is 6.79 Å². The first-order valence-electron chi connectivity index (χ1n) is 21.1. The third-order valence-corrected chi connectivity index (χ3v) is 21.6. The van der Waals surface area contributed by atoms with Gasteiger partial charge in [-0.2, -0.15) is 0 Å². The zero-order valence-electron chi connectivity index (χ0n) is 38.1. The molecule has 2 rings (SSSR count). The Morgan fingerprint density at radius 1 is 0.907 bits per heavy atom. The summed E-state index contributed by atoms with van der Waals surface area (Å²) in [6, 6.07) is 0. The van der Waals surface area contributed by atoms with E-state index in [-0.39, 0.29) is 48.5 Å². The molecule has 7 nitrogen and oxygen atoms in total. The van der Waals surface area contributed by atoms with Crippen LogP contribution in [0.5, 0.6) is 0 Å². The van der Waals surface area contributed by atoms with Crippen molar-refractivity contribution in [1.29, 1.82) is 0 Å². The molecule has 11 heteroatoms. The first kappa shape index (κ1) is 50.7. The van der Waals surface area contributed by atoms with E-state index in [1.807, 2.05) is 0 Å². The van der Waals surface area contributed by atoms with Crippen LogP contribution in [0.2, 0.25) is 55.9 Å². The molecule has 9 atom stereocenters. The average Bonchev–Trinajstić information content (AvgIpc) is 3.03. The van der Waals surface area contributed by atoms with Gasteiger partial charge < -0.3 is 32.2 Å². The van der Waals surface area contributed by atoms with E-state index in [4.69, 9.17) is 32.2 Å². The molecule has 1 heterocycles. The summed E-state index contributed by atoms with van der Waals surface area (Å²) in [4.78, 5) is 0. The standard InChI is InChI=1S/C43H85IO7Si3/c1-20-21-38(50-52(14,15)16)43(25-33(8)35(10)27-47-54(30(2)3,31(4)5)32(6)7)23-22-36(28-46-29-45-13)24-37(43)40-41(51-53(17,18)19)39(34(9)26-44)48-42(11,12)49-40/h20,24,30-35,37-41H,1,21-23,25-29H2,2-19H3/t33-,34+,35-,37+,38+,39+,40-,41+,43+/m0/s1. The van der Waals surface area contributed by atoms with Crippen molar-refractivity contribution in [2.75, 3.05) is 31.5 Å². The molecule has 1 aliphatic heterocycles. The highest BCUT2D eigenvalue weighted by Gasteiger charge is 2.58. The maximum atomic E-state index is 7.39. The highest BCUT2D eigenvalue weighted by molar-refractivity contribution is 14.1. The fraction of sp³-hybridized carbons (Fsp3) is 0.907. The molecule has 1 fully saturated rings. The van der Waals surface area contributed by atoms with Gasteiger partial charge in [0.2, 0.25) is 0 Å². The van der Waals surface area contributed by atoms with E-state index in [1.54, 1.807) is 7.11 Å². The van der Waals surface area contributed by atoms with Gasteiger partial charge in [-0.25, -0.2) is 0 Å². The van der Waals surface area contributed by atoms with Crippen LogP contribution in [0.25, 0.3) is 0 Å². The van der Waals surface area contributed by atoms with Crippen molar-refractivity contribution in [1.82, 2.24) is 0 Å². The van der Waals surface area contributed by atoms with Crippen LogP contribution in [-0.2, 0) is 32.2 Å². The van der Waals surface area contributed by atoms with E-state index in [9.17, 15) is 0 Å². The minimum atomic E-state index is -2.05. The Labute approximate surface area is 350 Å². The molecule has 318 valence electrons. The van der Waals surface area contributed by atoms with Crippen molar-refractivity contribution in [3.05, 3.63) is 24.3 Å². The lowest BCUT2D eigenvalue weighted by Gasteiger charge is -2.58. The molecule has 0 radical (unpaired) electrons. The summed E-state index contributed by atoms with van der Waals surface area (Å²) in [5.41, 5.74) is 2.69. The molecule has 0 N–H and O–H groups in total. The first-order chi connectivity index (χ1) is 24.8. The van der Waals surface area contributed by atoms with E-state index in [2.05, 4.69) is 157 Å². The monoisotopic (exact) mass is 924 g/mol. The average molecular weight is 925 g/mol. The van der Waals surface area contributed by atoms with Gasteiger partial charge in [0, 0.05) is 29.5 Å². The Balaban J connectivity index is 2.89. The summed E-state index contributed by atoms with van der Waals surface area (Å²) in [6.45, 7) is 45.4. The predicted octanol–water partition coefficient (Wildman–Crippen LogP) is 12.4. The van der Waals surface area contributed by atoms with E-state index in [0.29, 0.717) is 35.1 Å². The molecule has 0 bridgehead atoms. The summed E-state index contributed by atoms with van der Waals surface area (Å²) in [7, 11) is -4.40. The summed E-state index contributed by atoms with van der Waals surface area (Å²) < 4.78 is 48.4. The van der Waals surface area contributed by atoms with Crippen molar-refractivity contribution in [2.24, 2.45) is 29.1 Å². The van der Waals surface area contributed by atoms with E-state index in [0.717, 1.165) is 36.7 Å². The van der Waals surface area contributed by atoms with Gasteiger partial charge in [-0.15, -0.1) is 6.58 Å². The lowest BCUT2D eigenvalue weighted by molar-refractivity contribution is -0.348.